The van der Waals surface area contributed by atoms with Crippen molar-refractivity contribution in [1.82, 2.24) is 14.8 Å². The van der Waals surface area contributed by atoms with Crippen LogP contribution in [0.25, 0.3) is 11.4 Å². The first-order valence-corrected chi connectivity index (χ1v) is 13.8. The lowest BCUT2D eigenvalue weighted by Gasteiger charge is -2.18. The van der Waals surface area contributed by atoms with Gasteiger partial charge in [-0.1, -0.05) is 25.6 Å². The molecule has 0 spiro atoms. The lowest BCUT2D eigenvalue weighted by molar-refractivity contribution is -0.113. The number of carbonyl (C=O) groups excluding carboxylic acids is 2. The van der Waals surface area contributed by atoms with Crippen molar-refractivity contribution in [3.05, 3.63) is 31.8 Å². The standard InChI is InChI=1S/C23H29N5O2S3/c1-5-8-28-21(16-10-31-14(4)13(16)3)26-27-23(28)32-11-18(29)25-22-19(20(24)30)15-7-6-12(2)9-17(15)33-22/h10,12H,5-9,11H2,1-4H3,(H2,24,30)(H,25,29). The van der Waals surface area contributed by atoms with Gasteiger partial charge in [0.2, 0.25) is 5.91 Å². The van der Waals surface area contributed by atoms with Gasteiger partial charge >= 0.3 is 0 Å². The maximum atomic E-state index is 12.8. The van der Waals surface area contributed by atoms with Crippen LogP contribution in [-0.4, -0.2) is 32.3 Å². The molecule has 1 aliphatic carbocycles. The Balaban J connectivity index is 1.50. The molecule has 2 amide bonds. The first kappa shape index (κ1) is 24.0. The number of rotatable bonds is 8. The number of amides is 2. The second-order valence-electron chi connectivity index (χ2n) is 8.55. The molecule has 0 fully saturated rings. The van der Waals surface area contributed by atoms with Gasteiger partial charge in [-0.2, -0.15) is 0 Å². The molecule has 4 rings (SSSR count). The van der Waals surface area contributed by atoms with Crippen molar-refractivity contribution < 1.29 is 9.59 Å². The van der Waals surface area contributed by atoms with Crippen LogP contribution < -0.4 is 11.1 Å². The largest absolute Gasteiger partial charge is 0.365 e. The first-order valence-electron chi connectivity index (χ1n) is 11.1. The molecule has 0 aromatic carbocycles. The Bertz CT molecular complexity index is 1190. The molecule has 0 radical (unpaired) electrons. The van der Waals surface area contributed by atoms with E-state index in [2.05, 4.69) is 53.2 Å². The van der Waals surface area contributed by atoms with E-state index in [4.69, 9.17) is 5.73 Å². The van der Waals surface area contributed by atoms with Crippen molar-refractivity contribution in [2.24, 2.45) is 11.7 Å². The van der Waals surface area contributed by atoms with Crippen LogP contribution in [0.15, 0.2) is 10.5 Å². The van der Waals surface area contributed by atoms with Gasteiger partial charge in [-0.05, 0) is 56.6 Å². The molecule has 0 saturated carbocycles. The predicted molar refractivity (Wildman–Crippen MR) is 136 cm³/mol. The fourth-order valence-electron chi connectivity index (χ4n) is 4.15. The highest BCUT2D eigenvalue weighted by atomic mass is 32.2. The van der Waals surface area contributed by atoms with Crippen LogP contribution in [0, 0.1) is 19.8 Å². The normalized spacial score (nSPS) is 15.5. The zero-order valence-electron chi connectivity index (χ0n) is 19.4. The number of anilines is 1. The van der Waals surface area contributed by atoms with Crippen LogP contribution in [-0.2, 0) is 24.2 Å². The summed E-state index contributed by atoms with van der Waals surface area (Å²) in [6.45, 7) is 9.31. The van der Waals surface area contributed by atoms with Crippen molar-refractivity contribution in [2.45, 2.75) is 65.1 Å². The minimum absolute atomic E-state index is 0.177. The Labute approximate surface area is 206 Å². The van der Waals surface area contributed by atoms with Crippen LogP contribution in [0.3, 0.4) is 0 Å². The maximum Gasteiger partial charge on any atom is 0.251 e. The summed E-state index contributed by atoms with van der Waals surface area (Å²) in [5.41, 5.74) is 9.49. The van der Waals surface area contributed by atoms with Gasteiger partial charge in [0, 0.05) is 27.2 Å². The summed E-state index contributed by atoms with van der Waals surface area (Å²) in [6.07, 6.45) is 3.73. The minimum Gasteiger partial charge on any atom is -0.365 e. The van der Waals surface area contributed by atoms with Gasteiger partial charge in [0.05, 0.1) is 11.3 Å². The molecule has 3 aromatic rings. The molecule has 1 aliphatic rings. The molecule has 1 unspecified atom stereocenters. The van der Waals surface area contributed by atoms with Gasteiger partial charge in [0.25, 0.3) is 5.91 Å². The van der Waals surface area contributed by atoms with Crippen LogP contribution in [0.4, 0.5) is 5.00 Å². The second kappa shape index (κ2) is 9.99. The van der Waals surface area contributed by atoms with Crippen molar-refractivity contribution in [2.75, 3.05) is 11.1 Å². The number of thiophene rings is 2. The highest BCUT2D eigenvalue weighted by Crippen LogP contribution is 2.39. The lowest BCUT2D eigenvalue weighted by Crippen LogP contribution is -2.20. The number of aryl methyl sites for hydroxylation is 1. The molecule has 7 nitrogen and oxygen atoms in total. The topological polar surface area (TPSA) is 103 Å². The van der Waals surface area contributed by atoms with Gasteiger partial charge < -0.3 is 15.6 Å². The molecule has 33 heavy (non-hydrogen) atoms. The van der Waals surface area contributed by atoms with Gasteiger partial charge in [-0.25, -0.2) is 0 Å². The molecule has 0 bridgehead atoms. The summed E-state index contributed by atoms with van der Waals surface area (Å²) in [5.74, 6) is 0.951. The number of nitrogens with zero attached hydrogens (tertiary/aromatic N) is 3. The fraction of sp³-hybridized carbons (Fsp3) is 0.478. The third kappa shape index (κ3) is 4.88. The molecule has 0 aliphatic heterocycles. The van der Waals surface area contributed by atoms with E-state index in [-0.39, 0.29) is 11.7 Å². The van der Waals surface area contributed by atoms with Crippen LogP contribution >= 0.6 is 34.4 Å². The van der Waals surface area contributed by atoms with E-state index in [0.717, 1.165) is 54.3 Å². The SMILES string of the molecule is CCCn1c(SCC(=O)Nc2sc3c(c2C(N)=O)CCC(C)C3)nnc1-c1csc(C)c1C. The predicted octanol–water partition coefficient (Wildman–Crippen LogP) is 5.05. The van der Waals surface area contributed by atoms with Crippen LogP contribution in [0.5, 0.6) is 0 Å². The first-order chi connectivity index (χ1) is 15.8. The number of primary amides is 1. The highest BCUT2D eigenvalue weighted by molar-refractivity contribution is 7.99. The Morgan fingerprint density at radius 3 is 2.79 bits per heavy atom. The highest BCUT2D eigenvalue weighted by Gasteiger charge is 2.27. The zero-order chi connectivity index (χ0) is 23.7. The molecular formula is C23H29N5O2S3. The van der Waals surface area contributed by atoms with E-state index >= 15 is 0 Å². The second-order valence-corrected chi connectivity index (χ2v) is 11.7. The van der Waals surface area contributed by atoms with Crippen LogP contribution in [0.2, 0.25) is 0 Å². The summed E-state index contributed by atoms with van der Waals surface area (Å²) in [7, 11) is 0. The number of carbonyl (C=O) groups is 2. The Hall–Kier alpha value is -2.17. The molecular weight excluding hydrogens is 474 g/mol. The summed E-state index contributed by atoms with van der Waals surface area (Å²) in [4.78, 5) is 27.4. The zero-order valence-corrected chi connectivity index (χ0v) is 21.8. The number of thioether (sulfide) groups is 1. The molecule has 3 heterocycles. The van der Waals surface area contributed by atoms with Crippen molar-refractivity contribution in [3.8, 4) is 11.4 Å². The van der Waals surface area contributed by atoms with E-state index in [1.807, 2.05) is 0 Å². The van der Waals surface area contributed by atoms with Crippen molar-refractivity contribution in [1.29, 1.82) is 0 Å². The summed E-state index contributed by atoms with van der Waals surface area (Å²) in [5, 5.41) is 15.2. The number of nitrogens with one attached hydrogen (secondary N) is 1. The van der Waals surface area contributed by atoms with E-state index in [1.54, 1.807) is 11.3 Å². The molecule has 3 aromatic heterocycles. The van der Waals surface area contributed by atoms with E-state index in [9.17, 15) is 9.59 Å². The summed E-state index contributed by atoms with van der Waals surface area (Å²) >= 11 is 4.56. The number of aromatic nitrogens is 3. The molecule has 0 saturated heterocycles. The quantitative estimate of drug-likeness (QED) is 0.419. The van der Waals surface area contributed by atoms with Gasteiger partial charge in [-0.3, -0.25) is 9.59 Å². The molecule has 176 valence electrons. The van der Waals surface area contributed by atoms with Gasteiger partial charge in [-0.15, -0.1) is 32.9 Å². The maximum absolute atomic E-state index is 12.8. The number of hydrogen-bond donors (Lipinski definition) is 2. The average Bonchev–Trinajstić information content (AvgIpc) is 3.42. The van der Waals surface area contributed by atoms with Crippen LogP contribution in [0.1, 0.15) is 57.9 Å². The summed E-state index contributed by atoms with van der Waals surface area (Å²) in [6, 6.07) is 0. The fourth-order valence-corrected chi connectivity index (χ4v) is 7.21. The van der Waals surface area contributed by atoms with Gasteiger partial charge in [0.1, 0.15) is 5.00 Å². The lowest BCUT2D eigenvalue weighted by atomic mass is 9.88. The minimum atomic E-state index is -0.473. The number of nitrogens with two attached hydrogens (primary N) is 1. The Morgan fingerprint density at radius 2 is 2.12 bits per heavy atom. The molecule has 1 atom stereocenters. The summed E-state index contributed by atoms with van der Waals surface area (Å²) < 4.78 is 2.09. The van der Waals surface area contributed by atoms with E-state index < -0.39 is 5.91 Å². The molecule has 3 N–H and O–H groups in total. The van der Waals surface area contributed by atoms with Crippen molar-refractivity contribution in [3.63, 3.8) is 0 Å². The smallest absolute Gasteiger partial charge is 0.251 e. The van der Waals surface area contributed by atoms with Crippen molar-refractivity contribution >= 4 is 51.3 Å². The van der Waals surface area contributed by atoms with Gasteiger partial charge in [0.15, 0.2) is 11.0 Å². The number of fused-ring (bicyclic) bond motifs is 1. The Kier molecular flexibility index (Phi) is 7.25. The monoisotopic (exact) mass is 503 g/mol. The van der Waals surface area contributed by atoms with E-state index in [0.29, 0.717) is 16.5 Å². The third-order valence-electron chi connectivity index (χ3n) is 6.03. The third-order valence-corrected chi connectivity index (χ3v) is 9.18. The van der Waals surface area contributed by atoms with E-state index in [1.165, 1.54) is 38.4 Å². The number of hydrogen-bond acceptors (Lipinski definition) is 7. The molecule has 10 heteroatoms. The Morgan fingerprint density at radius 1 is 1.33 bits per heavy atom. The average molecular weight is 504 g/mol.